The van der Waals surface area contributed by atoms with Crippen molar-refractivity contribution in [3.8, 4) is 0 Å². The van der Waals surface area contributed by atoms with Gasteiger partial charge in [0, 0.05) is 38.1 Å². The Morgan fingerprint density at radius 1 is 1.03 bits per heavy atom. The lowest BCUT2D eigenvalue weighted by molar-refractivity contribution is -0.136. The zero-order chi connectivity index (χ0) is 24.9. The minimum absolute atomic E-state index is 0.0335. The fourth-order valence-electron chi connectivity index (χ4n) is 4.16. The van der Waals surface area contributed by atoms with Gasteiger partial charge in [0.1, 0.15) is 5.82 Å². The second-order valence-electron chi connectivity index (χ2n) is 8.48. The van der Waals surface area contributed by atoms with Gasteiger partial charge in [-0.2, -0.15) is 0 Å². The zero-order valence-corrected chi connectivity index (χ0v) is 20.3. The first-order valence-corrected chi connectivity index (χ1v) is 12.5. The van der Waals surface area contributed by atoms with Gasteiger partial charge in [0.2, 0.25) is 0 Å². The van der Waals surface area contributed by atoms with E-state index in [0.717, 1.165) is 43.2 Å². The molecule has 0 bridgehead atoms. The van der Waals surface area contributed by atoms with Crippen molar-refractivity contribution in [1.29, 1.82) is 0 Å². The minimum Gasteiger partial charge on any atom is -0.481 e. The number of thioether (sulfide) groups is 1. The summed E-state index contributed by atoms with van der Waals surface area (Å²) in [6.45, 7) is 3.59. The van der Waals surface area contributed by atoms with Crippen molar-refractivity contribution in [2.24, 2.45) is 4.99 Å². The number of aliphatic carboxylic acids is 1. The second kappa shape index (κ2) is 10.7. The number of piperazine rings is 1. The van der Waals surface area contributed by atoms with Crippen molar-refractivity contribution in [2.75, 3.05) is 36.0 Å². The highest BCUT2D eigenvalue weighted by Gasteiger charge is 2.24. The van der Waals surface area contributed by atoms with Crippen LogP contribution in [0.1, 0.15) is 11.1 Å². The highest BCUT2D eigenvalue weighted by atomic mass is 32.2. The lowest BCUT2D eigenvalue weighted by atomic mass is 10.1. The largest absolute Gasteiger partial charge is 0.481 e. The minimum atomic E-state index is -0.877. The molecule has 2 aliphatic heterocycles. The summed E-state index contributed by atoms with van der Waals surface area (Å²) in [5.41, 5.74) is 3.44. The van der Waals surface area contributed by atoms with Crippen LogP contribution in [0.4, 0.5) is 17.2 Å². The number of benzene rings is 2. The number of rotatable bonds is 6. The predicted molar refractivity (Wildman–Crippen MR) is 144 cm³/mol. The van der Waals surface area contributed by atoms with Crippen molar-refractivity contribution in [1.82, 2.24) is 10.3 Å². The molecule has 0 aliphatic carbocycles. The highest BCUT2D eigenvalue weighted by Crippen LogP contribution is 2.29. The van der Waals surface area contributed by atoms with Gasteiger partial charge in [-0.05, 0) is 65.4 Å². The first kappa shape index (κ1) is 23.6. The number of hydrogen-bond donors (Lipinski definition) is 2. The van der Waals surface area contributed by atoms with E-state index in [1.54, 1.807) is 24.3 Å². The summed E-state index contributed by atoms with van der Waals surface area (Å²) in [5, 5.41) is 12.2. The van der Waals surface area contributed by atoms with Crippen molar-refractivity contribution in [3.05, 3.63) is 89.0 Å². The fourth-order valence-corrected chi connectivity index (χ4v) is 5.00. The van der Waals surface area contributed by atoms with Gasteiger partial charge >= 0.3 is 5.97 Å². The number of amidine groups is 1. The van der Waals surface area contributed by atoms with E-state index in [0.29, 0.717) is 21.3 Å². The number of carboxylic acid groups (broad SMARTS) is 1. The molecular weight excluding hydrogens is 474 g/mol. The van der Waals surface area contributed by atoms with Gasteiger partial charge in [-0.1, -0.05) is 30.3 Å². The monoisotopic (exact) mass is 499 g/mol. The summed E-state index contributed by atoms with van der Waals surface area (Å²) in [4.78, 5) is 37.5. The van der Waals surface area contributed by atoms with Crippen LogP contribution in [-0.4, -0.2) is 53.3 Å². The molecule has 3 aromatic rings. The molecule has 9 heteroatoms. The molecule has 0 unspecified atom stereocenters. The average molecular weight is 500 g/mol. The van der Waals surface area contributed by atoms with Gasteiger partial charge in [-0.25, -0.2) is 9.98 Å². The van der Waals surface area contributed by atoms with Crippen molar-refractivity contribution < 1.29 is 14.7 Å². The summed E-state index contributed by atoms with van der Waals surface area (Å²) >= 11 is 1.29. The molecule has 0 atom stereocenters. The number of aromatic nitrogens is 1. The number of amides is 1. The maximum atomic E-state index is 12.5. The van der Waals surface area contributed by atoms with Crippen LogP contribution in [0.25, 0.3) is 6.08 Å². The average Bonchev–Trinajstić information content (AvgIpc) is 3.24. The molecule has 182 valence electrons. The maximum Gasteiger partial charge on any atom is 0.307 e. The normalized spacial score (nSPS) is 18.1. The van der Waals surface area contributed by atoms with Crippen LogP contribution in [-0.2, 0) is 16.0 Å². The van der Waals surface area contributed by atoms with Crippen LogP contribution in [0, 0.1) is 0 Å². The van der Waals surface area contributed by atoms with E-state index in [9.17, 15) is 9.59 Å². The third kappa shape index (κ3) is 5.75. The molecule has 3 heterocycles. The molecule has 2 aliphatic rings. The standard InChI is InChI=1S/C27H25N5O3S/c33-25(34)18-19-7-9-21(10-8-19)29-27-30-26(35)23(36-27)17-20-4-3-5-22(16-20)31-12-14-32(15-13-31)24-6-1-2-11-28-24/h1-11,16-17H,12-15,18H2,(H,33,34)(H,29,30,35)/b23-17-. The molecule has 2 saturated heterocycles. The molecule has 2 aromatic carbocycles. The van der Waals surface area contributed by atoms with Gasteiger partial charge in [-0.15, -0.1) is 0 Å². The van der Waals surface area contributed by atoms with E-state index in [-0.39, 0.29) is 12.3 Å². The molecule has 8 nitrogen and oxygen atoms in total. The molecule has 2 fully saturated rings. The summed E-state index contributed by atoms with van der Waals surface area (Å²) in [5.74, 6) is -0.0533. The van der Waals surface area contributed by atoms with Crippen LogP contribution in [0.2, 0.25) is 0 Å². The highest BCUT2D eigenvalue weighted by molar-refractivity contribution is 8.18. The lowest BCUT2D eigenvalue weighted by Crippen LogP contribution is -2.46. The molecule has 1 amide bonds. The van der Waals surface area contributed by atoms with Crippen LogP contribution < -0.4 is 15.1 Å². The Bertz CT molecular complexity index is 1320. The maximum absolute atomic E-state index is 12.5. The third-order valence-electron chi connectivity index (χ3n) is 5.96. The van der Waals surface area contributed by atoms with Crippen LogP contribution >= 0.6 is 11.8 Å². The molecule has 2 N–H and O–H groups in total. The number of nitrogens with one attached hydrogen (secondary N) is 1. The van der Waals surface area contributed by atoms with Gasteiger partial charge < -0.3 is 20.2 Å². The molecule has 1 aromatic heterocycles. The van der Waals surface area contributed by atoms with Crippen LogP contribution in [0.5, 0.6) is 0 Å². The topological polar surface area (TPSA) is 98.1 Å². The van der Waals surface area contributed by atoms with E-state index in [4.69, 9.17) is 5.11 Å². The molecular formula is C27H25N5O3S. The number of pyridine rings is 1. The van der Waals surface area contributed by atoms with Crippen LogP contribution in [0.15, 0.2) is 82.8 Å². The first-order valence-electron chi connectivity index (χ1n) is 11.6. The SMILES string of the molecule is O=C(O)Cc1ccc(N=C2NC(=O)/C(=C/c3cccc(N4CCN(c5ccccn5)CC4)c3)S2)cc1. The number of carboxylic acids is 1. The Kier molecular flexibility index (Phi) is 6.99. The summed E-state index contributed by atoms with van der Waals surface area (Å²) in [7, 11) is 0. The smallest absolute Gasteiger partial charge is 0.307 e. The van der Waals surface area contributed by atoms with Crippen molar-refractivity contribution >= 4 is 52.1 Å². The molecule has 5 rings (SSSR count). The van der Waals surface area contributed by atoms with E-state index in [1.807, 2.05) is 42.6 Å². The van der Waals surface area contributed by atoms with Gasteiger partial charge in [0.05, 0.1) is 17.0 Å². The summed E-state index contributed by atoms with van der Waals surface area (Å²) in [6, 6.07) is 21.1. The van der Waals surface area contributed by atoms with Crippen molar-refractivity contribution in [2.45, 2.75) is 6.42 Å². The number of nitrogens with zero attached hydrogens (tertiary/aromatic N) is 4. The molecule has 36 heavy (non-hydrogen) atoms. The third-order valence-corrected chi connectivity index (χ3v) is 6.87. The van der Waals surface area contributed by atoms with E-state index in [1.165, 1.54) is 11.8 Å². The van der Waals surface area contributed by atoms with Crippen molar-refractivity contribution in [3.63, 3.8) is 0 Å². The molecule has 0 saturated carbocycles. The van der Waals surface area contributed by atoms with Gasteiger partial charge in [-0.3, -0.25) is 9.59 Å². The lowest BCUT2D eigenvalue weighted by Gasteiger charge is -2.36. The Balaban J connectivity index is 1.24. The number of carbonyl (C=O) groups excluding carboxylic acids is 1. The fraction of sp³-hybridized carbons (Fsp3) is 0.185. The van der Waals surface area contributed by atoms with Crippen LogP contribution in [0.3, 0.4) is 0 Å². The predicted octanol–water partition coefficient (Wildman–Crippen LogP) is 3.93. The number of hydrogen-bond acceptors (Lipinski definition) is 7. The first-order chi connectivity index (χ1) is 17.5. The quantitative estimate of drug-likeness (QED) is 0.496. The molecule has 0 spiro atoms. The Hall–Kier alpha value is -4.11. The van der Waals surface area contributed by atoms with E-state index < -0.39 is 5.97 Å². The Morgan fingerprint density at radius 2 is 1.81 bits per heavy atom. The summed E-state index contributed by atoms with van der Waals surface area (Å²) < 4.78 is 0. The second-order valence-corrected chi connectivity index (χ2v) is 9.51. The number of aliphatic imine (C=N–C) groups is 1. The van der Waals surface area contributed by atoms with E-state index >= 15 is 0 Å². The zero-order valence-electron chi connectivity index (χ0n) is 19.5. The Labute approximate surface area is 213 Å². The number of anilines is 2. The van der Waals surface area contributed by atoms with Gasteiger partial charge in [0.25, 0.3) is 5.91 Å². The van der Waals surface area contributed by atoms with Gasteiger partial charge in [0.15, 0.2) is 5.17 Å². The number of carbonyl (C=O) groups is 2. The Morgan fingerprint density at radius 3 is 2.53 bits per heavy atom. The van der Waals surface area contributed by atoms with E-state index in [2.05, 4.69) is 37.2 Å². The summed E-state index contributed by atoms with van der Waals surface area (Å²) in [6.07, 6.45) is 3.67. The molecule has 0 radical (unpaired) electrons.